The molecule has 0 spiro atoms. The molecule has 0 amide bonds. The van der Waals surface area contributed by atoms with Crippen LogP contribution in [0, 0.1) is 6.92 Å². The topological polar surface area (TPSA) is 126 Å². The second-order valence-electron chi connectivity index (χ2n) is 6.87. The average molecular weight is 411 g/mol. The van der Waals surface area contributed by atoms with Gasteiger partial charge in [0.15, 0.2) is 0 Å². The van der Waals surface area contributed by atoms with Crippen LogP contribution in [-0.4, -0.2) is 37.8 Å². The minimum Gasteiger partial charge on any atom is -0.488 e. The van der Waals surface area contributed by atoms with Gasteiger partial charge in [-0.05, 0) is 36.6 Å². The fraction of sp³-hybridized carbons (Fsp3) is 0.227. The van der Waals surface area contributed by atoms with Crippen LogP contribution < -0.4 is 4.74 Å². The number of carboxylic acids is 3. The van der Waals surface area contributed by atoms with Gasteiger partial charge in [0, 0.05) is 18.4 Å². The van der Waals surface area contributed by atoms with Crippen molar-refractivity contribution in [1.82, 2.24) is 4.57 Å². The van der Waals surface area contributed by atoms with E-state index in [-0.39, 0.29) is 43.0 Å². The largest absolute Gasteiger partial charge is 0.488 e. The van der Waals surface area contributed by atoms with Gasteiger partial charge in [0.2, 0.25) is 0 Å². The van der Waals surface area contributed by atoms with Crippen LogP contribution in [0.15, 0.2) is 42.5 Å². The number of aryl methyl sites for hydroxylation is 2. The van der Waals surface area contributed by atoms with Crippen molar-refractivity contribution in [3.05, 3.63) is 64.8 Å². The van der Waals surface area contributed by atoms with Gasteiger partial charge in [-0.2, -0.15) is 0 Å². The third-order valence-corrected chi connectivity index (χ3v) is 4.86. The zero-order valence-electron chi connectivity index (χ0n) is 16.3. The first-order valence-corrected chi connectivity index (χ1v) is 9.31. The highest BCUT2D eigenvalue weighted by molar-refractivity contribution is 6.02. The monoisotopic (exact) mass is 411 g/mol. The highest BCUT2D eigenvalue weighted by Gasteiger charge is 2.23. The molecule has 1 heterocycles. The van der Waals surface area contributed by atoms with E-state index in [4.69, 9.17) is 9.84 Å². The maximum atomic E-state index is 11.8. The van der Waals surface area contributed by atoms with Crippen molar-refractivity contribution in [1.29, 1.82) is 0 Å². The van der Waals surface area contributed by atoms with E-state index in [0.717, 1.165) is 5.56 Å². The summed E-state index contributed by atoms with van der Waals surface area (Å²) in [5.41, 5.74) is 1.66. The maximum Gasteiger partial charge on any atom is 0.352 e. The van der Waals surface area contributed by atoms with Crippen LogP contribution in [0.1, 0.15) is 44.8 Å². The molecule has 0 unspecified atom stereocenters. The van der Waals surface area contributed by atoms with E-state index < -0.39 is 17.9 Å². The molecule has 1 aromatic heterocycles. The van der Waals surface area contributed by atoms with Gasteiger partial charge in [0.25, 0.3) is 0 Å². The first kappa shape index (κ1) is 20.9. The maximum absolute atomic E-state index is 11.8. The van der Waals surface area contributed by atoms with Crippen molar-refractivity contribution >= 4 is 28.8 Å². The predicted octanol–water partition coefficient (Wildman–Crippen LogP) is 3.79. The molecule has 30 heavy (non-hydrogen) atoms. The molecule has 0 bridgehead atoms. The molecule has 0 aliphatic rings. The molecule has 2 aromatic carbocycles. The molecule has 3 aromatic rings. The smallest absolute Gasteiger partial charge is 0.352 e. The zero-order valence-corrected chi connectivity index (χ0v) is 16.3. The lowest BCUT2D eigenvalue weighted by atomic mass is 10.1. The summed E-state index contributed by atoms with van der Waals surface area (Å²) >= 11 is 0. The third-order valence-electron chi connectivity index (χ3n) is 4.86. The zero-order chi connectivity index (χ0) is 21.8. The molecule has 8 heteroatoms. The Kier molecular flexibility index (Phi) is 6.06. The lowest BCUT2D eigenvalue weighted by Gasteiger charge is -2.12. The number of aliphatic carboxylic acids is 1. The molecule has 0 radical (unpaired) electrons. The van der Waals surface area contributed by atoms with Crippen molar-refractivity contribution in [3.63, 3.8) is 0 Å². The molecule has 0 fully saturated rings. The number of hydrogen-bond donors (Lipinski definition) is 3. The quantitative estimate of drug-likeness (QED) is 0.489. The molecular formula is C22H21NO7. The molecule has 0 aliphatic carbocycles. The Morgan fingerprint density at radius 1 is 1.00 bits per heavy atom. The lowest BCUT2D eigenvalue weighted by molar-refractivity contribution is -0.137. The Morgan fingerprint density at radius 3 is 2.30 bits per heavy atom. The Bertz CT molecular complexity index is 1120. The number of ether oxygens (including phenoxy) is 1. The van der Waals surface area contributed by atoms with Gasteiger partial charge in [-0.3, -0.25) is 4.79 Å². The summed E-state index contributed by atoms with van der Waals surface area (Å²) in [5, 5.41) is 28.8. The SMILES string of the molecule is Cc1c(C(=O)O)n(CCCC(=O)O)c2cc(C(=O)O)c(OCc3ccccc3)cc12. The van der Waals surface area contributed by atoms with Crippen molar-refractivity contribution in [2.24, 2.45) is 0 Å². The summed E-state index contributed by atoms with van der Waals surface area (Å²) in [7, 11) is 0. The van der Waals surface area contributed by atoms with E-state index >= 15 is 0 Å². The summed E-state index contributed by atoms with van der Waals surface area (Å²) in [6.07, 6.45) is 0.0926. The highest BCUT2D eigenvalue weighted by atomic mass is 16.5. The molecule has 0 aliphatic heterocycles. The first-order valence-electron chi connectivity index (χ1n) is 9.31. The number of nitrogens with zero attached hydrogens (tertiary/aromatic N) is 1. The van der Waals surface area contributed by atoms with E-state index in [1.165, 1.54) is 16.7 Å². The summed E-state index contributed by atoms with van der Waals surface area (Å²) in [4.78, 5) is 34.5. The molecule has 0 saturated carbocycles. The fourth-order valence-corrected chi connectivity index (χ4v) is 3.46. The van der Waals surface area contributed by atoms with Crippen LogP contribution in [0.3, 0.4) is 0 Å². The Balaban J connectivity index is 2.07. The van der Waals surface area contributed by atoms with Gasteiger partial charge in [-0.25, -0.2) is 9.59 Å². The summed E-state index contributed by atoms with van der Waals surface area (Å²) in [5.74, 6) is -3.21. The molecular weight excluding hydrogens is 390 g/mol. The minimum absolute atomic E-state index is 0.00642. The molecule has 0 saturated heterocycles. The number of benzene rings is 2. The number of aromatic nitrogens is 1. The summed E-state index contributed by atoms with van der Waals surface area (Å²) in [6, 6.07) is 12.2. The number of fused-ring (bicyclic) bond motifs is 1. The van der Waals surface area contributed by atoms with E-state index in [0.29, 0.717) is 16.5 Å². The normalized spacial score (nSPS) is 10.8. The van der Waals surface area contributed by atoms with E-state index in [1.54, 1.807) is 6.92 Å². The van der Waals surface area contributed by atoms with E-state index in [9.17, 15) is 24.6 Å². The molecule has 3 N–H and O–H groups in total. The number of aromatic carboxylic acids is 2. The Labute approximate surface area is 171 Å². The second-order valence-corrected chi connectivity index (χ2v) is 6.87. The van der Waals surface area contributed by atoms with Gasteiger partial charge in [0.1, 0.15) is 23.6 Å². The predicted molar refractivity (Wildman–Crippen MR) is 108 cm³/mol. The number of rotatable bonds is 9. The highest BCUT2D eigenvalue weighted by Crippen LogP contribution is 2.33. The lowest BCUT2D eigenvalue weighted by Crippen LogP contribution is -2.11. The standard InChI is InChI=1S/C22H21NO7/c1-13-15-11-18(30-12-14-6-3-2-4-7-14)16(21(26)27)10-17(15)23(20(13)22(28)29)9-5-8-19(24)25/h2-4,6-7,10-11H,5,8-9,12H2,1H3,(H,24,25)(H,26,27)(H,28,29). The Morgan fingerprint density at radius 2 is 1.70 bits per heavy atom. The van der Waals surface area contributed by atoms with Crippen molar-refractivity contribution in [2.45, 2.75) is 32.9 Å². The number of hydrogen-bond acceptors (Lipinski definition) is 4. The third kappa shape index (κ3) is 4.27. The van der Waals surface area contributed by atoms with Gasteiger partial charge >= 0.3 is 17.9 Å². The van der Waals surface area contributed by atoms with Gasteiger partial charge in [0.05, 0.1) is 5.52 Å². The van der Waals surface area contributed by atoms with E-state index in [1.807, 2.05) is 30.3 Å². The van der Waals surface area contributed by atoms with Crippen LogP contribution in [-0.2, 0) is 17.9 Å². The van der Waals surface area contributed by atoms with Crippen LogP contribution in [0.25, 0.3) is 10.9 Å². The summed E-state index contributed by atoms with van der Waals surface area (Å²) in [6.45, 7) is 1.94. The van der Waals surface area contributed by atoms with Gasteiger partial charge in [-0.15, -0.1) is 0 Å². The Hall–Kier alpha value is -3.81. The molecule has 8 nitrogen and oxygen atoms in total. The minimum atomic E-state index is -1.20. The van der Waals surface area contributed by atoms with Crippen LogP contribution >= 0.6 is 0 Å². The van der Waals surface area contributed by atoms with Crippen LogP contribution in [0.5, 0.6) is 5.75 Å². The molecule has 3 rings (SSSR count). The number of carboxylic acid groups (broad SMARTS) is 3. The van der Waals surface area contributed by atoms with E-state index in [2.05, 4.69) is 0 Å². The van der Waals surface area contributed by atoms with Crippen molar-refractivity contribution < 1.29 is 34.4 Å². The van der Waals surface area contributed by atoms with Gasteiger partial charge < -0.3 is 24.6 Å². The summed E-state index contributed by atoms with van der Waals surface area (Å²) < 4.78 is 7.22. The van der Waals surface area contributed by atoms with Crippen molar-refractivity contribution in [2.75, 3.05) is 0 Å². The first-order chi connectivity index (χ1) is 14.3. The van der Waals surface area contributed by atoms with Crippen molar-refractivity contribution in [3.8, 4) is 5.75 Å². The second kappa shape index (κ2) is 8.69. The van der Waals surface area contributed by atoms with Crippen LogP contribution in [0.2, 0.25) is 0 Å². The molecule has 156 valence electrons. The fourth-order valence-electron chi connectivity index (χ4n) is 3.46. The molecule has 0 atom stereocenters. The van der Waals surface area contributed by atoms with Crippen LogP contribution in [0.4, 0.5) is 0 Å². The average Bonchev–Trinajstić information content (AvgIpc) is 2.97. The van der Waals surface area contributed by atoms with Gasteiger partial charge in [-0.1, -0.05) is 30.3 Å². The number of carbonyl (C=O) groups is 3.